The van der Waals surface area contributed by atoms with Crippen LogP contribution < -0.4 is 14.9 Å². The molecule has 118 valence electrons. The van der Waals surface area contributed by atoms with Gasteiger partial charge in [-0.3, -0.25) is 9.59 Å². The zero-order chi connectivity index (χ0) is 15.8. The number of carbonyl (C=O) groups is 2. The Morgan fingerprint density at radius 3 is 2.64 bits per heavy atom. The predicted molar refractivity (Wildman–Crippen MR) is 82.2 cm³/mol. The summed E-state index contributed by atoms with van der Waals surface area (Å²) in [4.78, 5) is 23.0. The summed E-state index contributed by atoms with van der Waals surface area (Å²) in [6.45, 7) is 2.24. The molecule has 0 aliphatic heterocycles. The standard InChI is InChI=1S/C16H20N2O4/c1-2-21-14-8-3-4-9-15(14)22-11-16(20)18-17-12-6-5-7-13(19)10-12/h3-4,8-9H,2,5-7,10-11H2,1H3,(H,18,20)/b17-12-. The maximum absolute atomic E-state index is 11.7. The summed E-state index contributed by atoms with van der Waals surface area (Å²) in [6, 6.07) is 7.17. The summed E-state index contributed by atoms with van der Waals surface area (Å²) >= 11 is 0. The van der Waals surface area contributed by atoms with Gasteiger partial charge < -0.3 is 9.47 Å². The van der Waals surface area contributed by atoms with Crippen molar-refractivity contribution in [1.29, 1.82) is 0 Å². The van der Waals surface area contributed by atoms with Gasteiger partial charge in [0.1, 0.15) is 5.78 Å². The molecule has 0 radical (unpaired) electrons. The van der Waals surface area contributed by atoms with Crippen LogP contribution in [0.1, 0.15) is 32.6 Å². The SMILES string of the molecule is CCOc1ccccc1OCC(=O)N/N=C1/CCCC(=O)C1. The first-order valence-electron chi connectivity index (χ1n) is 7.39. The summed E-state index contributed by atoms with van der Waals surface area (Å²) in [5.74, 6) is 0.917. The summed E-state index contributed by atoms with van der Waals surface area (Å²) in [7, 11) is 0. The summed E-state index contributed by atoms with van der Waals surface area (Å²) < 4.78 is 10.9. The molecule has 2 rings (SSSR count). The van der Waals surface area contributed by atoms with E-state index in [2.05, 4.69) is 10.5 Å². The topological polar surface area (TPSA) is 77.0 Å². The number of Topliss-reactive ketones (excluding diaryl/α,β-unsaturated/α-hetero) is 1. The second-order valence-corrected chi connectivity index (χ2v) is 4.95. The molecule has 0 atom stereocenters. The molecule has 0 bridgehead atoms. The van der Waals surface area contributed by atoms with Crippen LogP contribution in [-0.4, -0.2) is 30.6 Å². The third kappa shape index (κ3) is 4.87. The maximum atomic E-state index is 11.7. The number of hydrazone groups is 1. The Morgan fingerprint density at radius 1 is 1.23 bits per heavy atom. The summed E-state index contributed by atoms with van der Waals surface area (Å²) in [6.07, 6.45) is 2.48. The number of rotatable bonds is 6. The van der Waals surface area contributed by atoms with E-state index >= 15 is 0 Å². The lowest BCUT2D eigenvalue weighted by Gasteiger charge is -2.12. The van der Waals surface area contributed by atoms with E-state index in [1.54, 1.807) is 12.1 Å². The van der Waals surface area contributed by atoms with Crippen LogP contribution in [0.15, 0.2) is 29.4 Å². The molecule has 0 unspecified atom stereocenters. The second kappa shape index (κ2) is 8.17. The predicted octanol–water partition coefficient (Wildman–Crippen LogP) is 2.08. The fourth-order valence-corrected chi connectivity index (χ4v) is 2.15. The van der Waals surface area contributed by atoms with Gasteiger partial charge in [0.2, 0.25) is 0 Å². The van der Waals surface area contributed by atoms with Gasteiger partial charge in [0, 0.05) is 18.6 Å². The van der Waals surface area contributed by atoms with Gasteiger partial charge in [0.15, 0.2) is 18.1 Å². The van der Waals surface area contributed by atoms with Crippen LogP contribution in [0.5, 0.6) is 11.5 Å². The highest BCUT2D eigenvalue weighted by Crippen LogP contribution is 2.26. The first kappa shape index (κ1) is 16.0. The quantitative estimate of drug-likeness (QED) is 0.816. The molecule has 1 N–H and O–H groups in total. The lowest BCUT2D eigenvalue weighted by Crippen LogP contribution is -2.27. The molecular formula is C16H20N2O4. The monoisotopic (exact) mass is 304 g/mol. The van der Waals surface area contributed by atoms with Crippen molar-refractivity contribution in [2.75, 3.05) is 13.2 Å². The molecule has 1 fully saturated rings. The zero-order valence-electron chi connectivity index (χ0n) is 12.6. The molecule has 1 aliphatic carbocycles. The average Bonchev–Trinajstić information content (AvgIpc) is 2.52. The molecule has 1 aromatic carbocycles. The minimum Gasteiger partial charge on any atom is -0.490 e. The smallest absolute Gasteiger partial charge is 0.277 e. The molecular weight excluding hydrogens is 284 g/mol. The van der Waals surface area contributed by atoms with Crippen LogP contribution >= 0.6 is 0 Å². The van der Waals surface area contributed by atoms with E-state index in [1.807, 2.05) is 19.1 Å². The lowest BCUT2D eigenvalue weighted by atomic mass is 9.97. The average molecular weight is 304 g/mol. The zero-order valence-corrected chi connectivity index (χ0v) is 12.6. The van der Waals surface area contributed by atoms with Gasteiger partial charge in [0.05, 0.1) is 6.61 Å². The highest BCUT2D eigenvalue weighted by molar-refractivity contribution is 6.04. The van der Waals surface area contributed by atoms with Crippen molar-refractivity contribution in [3.05, 3.63) is 24.3 Å². The van der Waals surface area contributed by atoms with E-state index < -0.39 is 0 Å². The number of ether oxygens (including phenoxy) is 2. The number of para-hydroxylation sites is 2. The molecule has 22 heavy (non-hydrogen) atoms. The van der Waals surface area contributed by atoms with Gasteiger partial charge >= 0.3 is 0 Å². The number of ketones is 1. The highest BCUT2D eigenvalue weighted by Gasteiger charge is 2.15. The van der Waals surface area contributed by atoms with Crippen LogP contribution in [0.4, 0.5) is 0 Å². The minimum atomic E-state index is -0.364. The third-order valence-electron chi connectivity index (χ3n) is 3.17. The van der Waals surface area contributed by atoms with Gasteiger partial charge in [-0.05, 0) is 31.9 Å². The Labute approximate surface area is 129 Å². The summed E-state index contributed by atoms with van der Waals surface area (Å²) in [5.41, 5.74) is 3.15. The Bertz CT molecular complexity index is 569. The Balaban J connectivity index is 1.83. The number of benzene rings is 1. The lowest BCUT2D eigenvalue weighted by molar-refractivity contribution is -0.123. The van der Waals surface area contributed by atoms with Crippen LogP contribution in [-0.2, 0) is 9.59 Å². The van der Waals surface area contributed by atoms with Gasteiger partial charge in [-0.15, -0.1) is 0 Å². The molecule has 0 spiro atoms. The third-order valence-corrected chi connectivity index (χ3v) is 3.17. The van der Waals surface area contributed by atoms with E-state index in [0.717, 1.165) is 18.6 Å². The van der Waals surface area contributed by atoms with Crippen molar-refractivity contribution >= 4 is 17.4 Å². The first-order valence-corrected chi connectivity index (χ1v) is 7.39. The molecule has 6 heteroatoms. The number of nitrogens with one attached hydrogen (secondary N) is 1. The van der Waals surface area contributed by atoms with Gasteiger partial charge in [-0.1, -0.05) is 12.1 Å². The summed E-state index contributed by atoms with van der Waals surface area (Å²) in [5, 5.41) is 3.99. The van der Waals surface area contributed by atoms with Gasteiger partial charge in [0.25, 0.3) is 5.91 Å². The molecule has 0 aromatic heterocycles. The number of nitrogens with zero attached hydrogens (tertiary/aromatic N) is 1. The molecule has 1 amide bonds. The Morgan fingerprint density at radius 2 is 1.95 bits per heavy atom. The van der Waals surface area contributed by atoms with Crippen molar-refractivity contribution < 1.29 is 19.1 Å². The van der Waals surface area contributed by atoms with Crippen molar-refractivity contribution in [2.24, 2.45) is 5.10 Å². The molecule has 1 aliphatic rings. The van der Waals surface area contributed by atoms with Crippen molar-refractivity contribution in [2.45, 2.75) is 32.6 Å². The van der Waals surface area contributed by atoms with Crippen LogP contribution in [0.3, 0.4) is 0 Å². The minimum absolute atomic E-state index is 0.158. The van der Waals surface area contributed by atoms with Crippen molar-refractivity contribution in [1.82, 2.24) is 5.43 Å². The molecule has 0 heterocycles. The van der Waals surface area contributed by atoms with Crippen LogP contribution in [0, 0.1) is 0 Å². The fourth-order valence-electron chi connectivity index (χ4n) is 2.15. The van der Waals surface area contributed by atoms with Crippen LogP contribution in [0.25, 0.3) is 0 Å². The van der Waals surface area contributed by atoms with Gasteiger partial charge in [-0.25, -0.2) is 5.43 Å². The van der Waals surface area contributed by atoms with E-state index in [4.69, 9.17) is 9.47 Å². The van der Waals surface area contributed by atoms with E-state index in [-0.39, 0.29) is 18.3 Å². The molecule has 0 saturated heterocycles. The maximum Gasteiger partial charge on any atom is 0.277 e. The fraction of sp³-hybridized carbons (Fsp3) is 0.438. The van der Waals surface area contributed by atoms with E-state index in [9.17, 15) is 9.59 Å². The highest BCUT2D eigenvalue weighted by atomic mass is 16.5. The van der Waals surface area contributed by atoms with Gasteiger partial charge in [-0.2, -0.15) is 5.10 Å². The van der Waals surface area contributed by atoms with Crippen LogP contribution in [0.2, 0.25) is 0 Å². The van der Waals surface area contributed by atoms with E-state index in [0.29, 0.717) is 30.9 Å². The molecule has 6 nitrogen and oxygen atoms in total. The van der Waals surface area contributed by atoms with Crippen molar-refractivity contribution in [3.63, 3.8) is 0 Å². The van der Waals surface area contributed by atoms with Crippen molar-refractivity contribution in [3.8, 4) is 11.5 Å². The molecule has 1 saturated carbocycles. The second-order valence-electron chi connectivity index (χ2n) is 4.95. The Hall–Kier alpha value is -2.37. The number of hydrogen-bond donors (Lipinski definition) is 1. The normalized spacial score (nSPS) is 16.4. The number of hydrogen-bond acceptors (Lipinski definition) is 5. The molecule has 1 aromatic rings. The first-order chi connectivity index (χ1) is 10.7. The largest absolute Gasteiger partial charge is 0.490 e. The number of carbonyl (C=O) groups excluding carboxylic acids is 2. The van der Waals surface area contributed by atoms with E-state index in [1.165, 1.54) is 0 Å². The Kier molecular flexibility index (Phi) is 5.94. The number of amides is 1.